The van der Waals surface area contributed by atoms with Gasteiger partial charge in [-0.2, -0.15) is 0 Å². The Bertz CT molecular complexity index is 2250. The van der Waals surface area contributed by atoms with Crippen molar-refractivity contribution in [2.24, 2.45) is 0 Å². The maximum absolute atomic E-state index is 2.77. The number of hydrogen-bond acceptors (Lipinski definition) is 0. The van der Waals surface area contributed by atoms with Crippen molar-refractivity contribution in [1.82, 2.24) is 4.48 Å². The molecule has 0 fully saturated rings. The van der Waals surface area contributed by atoms with Crippen molar-refractivity contribution in [3.8, 4) is 11.3 Å². The molecule has 1 aromatic heterocycles. The minimum absolute atomic E-state index is 0.558. The molecule has 9 aromatic rings. The van der Waals surface area contributed by atoms with Crippen LogP contribution in [0.1, 0.15) is 5.56 Å². The van der Waals surface area contributed by atoms with E-state index in [1.807, 2.05) is 0 Å². The van der Waals surface area contributed by atoms with E-state index in [1.54, 1.807) is 119 Å². The summed E-state index contributed by atoms with van der Waals surface area (Å²) in [6.07, 6.45) is 0. The highest BCUT2D eigenvalue weighted by Gasteiger charge is 2.58. The van der Waals surface area contributed by atoms with Crippen LogP contribution in [-0.4, -0.2) is 11.3 Å². The zero-order chi connectivity index (χ0) is 13.9. The van der Waals surface area contributed by atoms with Crippen molar-refractivity contribution in [2.75, 3.05) is 0 Å². The molecule has 24 heavy (non-hydrogen) atoms. The molecule has 0 aliphatic carbocycles. The SMILES string of the molecule is B12C3=c4c5c1c1c6c5c5c4c4c7c3c3c8c(c-1n32)c1c6c5c4c1c78. The molecule has 0 saturated carbocycles. The quantitative estimate of drug-likeness (QED) is 0.376. The van der Waals surface area contributed by atoms with E-state index in [1.165, 1.54) is 0 Å². The van der Waals surface area contributed by atoms with Gasteiger partial charge in [0, 0.05) is 70.8 Å². The number of nitrogens with zero attached hydrogens (tertiary/aromatic N) is 1. The average molecular weight is 289 g/mol. The zero-order valence-corrected chi connectivity index (χ0v) is 12.0. The van der Waals surface area contributed by atoms with Crippen LogP contribution in [0.4, 0.5) is 0 Å². The number of hydrogen-bond donors (Lipinski definition) is 0. The lowest BCUT2D eigenvalue weighted by atomic mass is 9.53. The Morgan fingerprint density at radius 3 is 2.04 bits per heavy atom. The first-order valence-electron chi connectivity index (χ1n) is 9.03. The molecule has 3 aliphatic heterocycles. The first-order chi connectivity index (χ1) is 12.0. The fraction of sp³-hybridized carbons (Fsp3) is 0. The molecule has 8 aromatic carbocycles. The van der Waals surface area contributed by atoms with Crippen LogP contribution in [0.5, 0.6) is 0 Å². The molecule has 12 rings (SSSR count). The fourth-order valence-electron chi connectivity index (χ4n) is 9.07. The second-order valence-corrected chi connectivity index (χ2v) is 9.05. The van der Waals surface area contributed by atoms with Gasteiger partial charge >= 0.3 is 6.85 Å². The molecule has 0 radical (unpaired) electrons. The monoisotopic (exact) mass is 289 g/mol. The van der Waals surface area contributed by atoms with Gasteiger partial charge in [-0.05, 0) is 48.5 Å². The Hall–Kier alpha value is -3.00. The molecule has 4 heterocycles. The first-order valence-corrected chi connectivity index (χ1v) is 9.03. The lowest BCUT2D eigenvalue weighted by Crippen LogP contribution is -2.29. The summed E-state index contributed by atoms with van der Waals surface area (Å²) < 4.78 is 2.77. The Labute approximate surface area is 131 Å². The summed E-state index contributed by atoms with van der Waals surface area (Å²) in [5, 5.41) is 26.7. The third-order valence-corrected chi connectivity index (χ3v) is 9.06. The Morgan fingerprint density at radius 2 is 1.12 bits per heavy atom. The number of fused-ring (bicyclic) bond motifs is 11. The van der Waals surface area contributed by atoms with Gasteiger partial charge in [0.2, 0.25) is 0 Å². The molecule has 1 nitrogen and oxygen atoms in total. The third-order valence-electron chi connectivity index (χ3n) is 9.06. The van der Waals surface area contributed by atoms with Gasteiger partial charge in [-0.15, -0.1) is 0 Å². The van der Waals surface area contributed by atoms with Crippen LogP contribution >= 0.6 is 0 Å². The van der Waals surface area contributed by atoms with Crippen LogP contribution in [0.3, 0.4) is 0 Å². The van der Waals surface area contributed by atoms with Gasteiger partial charge in [0.15, 0.2) is 0 Å². The van der Waals surface area contributed by atoms with E-state index in [0.717, 1.165) is 0 Å². The molecule has 0 bridgehead atoms. The van der Waals surface area contributed by atoms with Crippen molar-refractivity contribution in [2.45, 2.75) is 0 Å². The number of aromatic nitrogens is 1. The molecular formula is C22BN. The normalized spacial score (nSPS) is 19.5. The summed E-state index contributed by atoms with van der Waals surface area (Å²) in [4.78, 5) is 0. The smallest absolute Gasteiger partial charge is 0.330 e. The molecular weight excluding hydrogens is 289 g/mol. The summed E-state index contributed by atoms with van der Waals surface area (Å²) in [6, 6.07) is 0. The minimum Gasteiger partial charge on any atom is -0.375 e. The van der Waals surface area contributed by atoms with Crippen molar-refractivity contribution in [3.63, 3.8) is 0 Å². The number of benzene rings is 1. The summed E-state index contributed by atoms with van der Waals surface area (Å²) in [5.74, 6) is 0. The second kappa shape index (κ2) is 1.52. The molecule has 0 atom stereocenters. The maximum atomic E-state index is 2.77. The summed E-state index contributed by atoms with van der Waals surface area (Å²) >= 11 is 0. The molecule has 0 amide bonds. The maximum Gasteiger partial charge on any atom is 0.330 e. The third kappa shape index (κ3) is 0.310. The molecule has 0 unspecified atom stereocenters. The highest BCUT2D eigenvalue weighted by molar-refractivity contribution is 7.00. The van der Waals surface area contributed by atoms with E-state index in [-0.39, 0.29) is 0 Å². The van der Waals surface area contributed by atoms with Crippen LogP contribution in [0.15, 0.2) is 0 Å². The van der Waals surface area contributed by atoms with Crippen LogP contribution in [-0.2, 0) is 0 Å². The van der Waals surface area contributed by atoms with Gasteiger partial charge in [-0.3, -0.25) is 0 Å². The van der Waals surface area contributed by atoms with Gasteiger partial charge in [0.05, 0.1) is 0 Å². The van der Waals surface area contributed by atoms with E-state index in [0.29, 0.717) is 6.85 Å². The van der Waals surface area contributed by atoms with Gasteiger partial charge in [0.25, 0.3) is 0 Å². The largest absolute Gasteiger partial charge is 0.375 e. The van der Waals surface area contributed by atoms with Gasteiger partial charge in [-0.25, -0.2) is 0 Å². The Balaban J connectivity index is 1.99. The van der Waals surface area contributed by atoms with Crippen LogP contribution in [0, 0.1) is 0 Å². The molecule has 2 heteroatoms. The van der Waals surface area contributed by atoms with Crippen molar-refractivity contribution in [3.05, 3.63) is 10.8 Å². The summed E-state index contributed by atoms with van der Waals surface area (Å²) in [5.41, 5.74) is 10.0. The molecule has 0 saturated heterocycles. The van der Waals surface area contributed by atoms with Crippen LogP contribution < -0.4 is 10.7 Å². The number of rotatable bonds is 0. The highest BCUT2D eigenvalue weighted by Crippen LogP contribution is 2.72. The lowest BCUT2D eigenvalue weighted by molar-refractivity contribution is 1.35. The van der Waals surface area contributed by atoms with Crippen molar-refractivity contribution in [1.29, 1.82) is 0 Å². The molecule has 0 N–H and O–H groups in total. The van der Waals surface area contributed by atoms with E-state index in [2.05, 4.69) is 4.48 Å². The highest BCUT2D eigenvalue weighted by atomic mass is 15.0. The minimum atomic E-state index is 0.558. The standard InChI is InChI=1S/C22BN/c1-2-4-7-3(1)8-11-6(1)9-5(2)10-12(4)18-19-13(7)14(8)20-17(11)21-15(9)16(10)22(18)24(21)23(19)20. The predicted octanol–water partition coefficient (Wildman–Crippen LogP) is 3.60. The van der Waals surface area contributed by atoms with Gasteiger partial charge < -0.3 is 4.48 Å². The molecule has 96 valence electrons. The fourth-order valence-corrected chi connectivity index (χ4v) is 9.07. The van der Waals surface area contributed by atoms with Crippen LogP contribution in [0.2, 0.25) is 0 Å². The average Bonchev–Trinajstić information content (AvgIpc) is 3.31. The zero-order valence-electron chi connectivity index (χ0n) is 12.0. The summed E-state index contributed by atoms with van der Waals surface area (Å²) in [7, 11) is 0. The van der Waals surface area contributed by atoms with Crippen LogP contribution in [0.25, 0.3) is 103 Å². The van der Waals surface area contributed by atoms with E-state index < -0.39 is 0 Å². The first kappa shape index (κ1) is 7.72. The Morgan fingerprint density at radius 1 is 0.500 bits per heavy atom. The topological polar surface area (TPSA) is 4.93 Å². The van der Waals surface area contributed by atoms with Crippen molar-refractivity contribution >= 4 is 104 Å². The lowest BCUT2D eigenvalue weighted by Gasteiger charge is -2.06. The van der Waals surface area contributed by atoms with Gasteiger partial charge in [-0.1, -0.05) is 0 Å². The predicted molar refractivity (Wildman–Crippen MR) is 100 cm³/mol. The van der Waals surface area contributed by atoms with Crippen molar-refractivity contribution < 1.29 is 0 Å². The molecule has 0 spiro atoms. The van der Waals surface area contributed by atoms with E-state index in [4.69, 9.17) is 0 Å². The summed E-state index contributed by atoms with van der Waals surface area (Å²) in [6.45, 7) is 0.558. The van der Waals surface area contributed by atoms with E-state index >= 15 is 0 Å². The van der Waals surface area contributed by atoms with E-state index in [9.17, 15) is 0 Å². The Kier molecular flexibility index (Phi) is 0.488. The molecule has 3 aliphatic rings. The second-order valence-electron chi connectivity index (χ2n) is 9.05. The van der Waals surface area contributed by atoms with Gasteiger partial charge in [0.1, 0.15) is 0 Å².